The molecule has 8 nitrogen and oxygen atoms in total. The molecule has 0 unspecified atom stereocenters. The van der Waals surface area contributed by atoms with E-state index < -0.39 is 44.2 Å². The molecule has 0 aliphatic carbocycles. The van der Waals surface area contributed by atoms with Crippen molar-refractivity contribution in [3.8, 4) is 5.75 Å². The number of nitrogens with one attached hydrogen (secondary N) is 1. The van der Waals surface area contributed by atoms with Crippen LogP contribution in [-0.4, -0.2) is 42.2 Å². The molecule has 36 heavy (non-hydrogen) atoms. The highest BCUT2D eigenvalue weighted by Gasteiger charge is 2.70. The minimum atomic E-state index is -4.04. The lowest BCUT2D eigenvalue weighted by Gasteiger charge is -2.65. The summed E-state index contributed by atoms with van der Waals surface area (Å²) in [6, 6.07) is 4.59. The third-order valence-electron chi connectivity index (χ3n) is 7.09. The normalized spacial score (nSPS) is 29.9. The van der Waals surface area contributed by atoms with E-state index >= 15 is 8.78 Å². The van der Waals surface area contributed by atoms with Gasteiger partial charge in [0.05, 0.1) is 6.20 Å². The van der Waals surface area contributed by atoms with Gasteiger partial charge in [-0.2, -0.15) is 8.78 Å². The lowest BCUT2D eigenvalue weighted by molar-refractivity contribution is -0.0501. The Balaban J connectivity index is 1.72. The number of nitrogens with two attached hydrogens (primary N) is 1. The van der Waals surface area contributed by atoms with Crippen molar-refractivity contribution in [2.75, 3.05) is 5.32 Å². The minimum absolute atomic E-state index is 0.0460. The molecule has 13 heteroatoms. The van der Waals surface area contributed by atoms with E-state index in [9.17, 15) is 22.7 Å². The number of benzene rings is 1. The number of halogens is 4. The molecular weight excluding hydrogens is 504 g/mol. The summed E-state index contributed by atoms with van der Waals surface area (Å²) in [6.45, 7) is 1.10. The van der Waals surface area contributed by atoms with E-state index in [1.165, 1.54) is 32.9 Å². The summed E-state index contributed by atoms with van der Waals surface area (Å²) in [5, 5.41) is -0.197. The molecule has 2 bridgehead atoms. The number of carbonyl (C=O) groups is 1. The van der Waals surface area contributed by atoms with E-state index in [0.717, 1.165) is 18.3 Å². The number of carbonyl (C=O) groups excluding carboxylic acids is 1. The highest BCUT2D eigenvalue weighted by Crippen LogP contribution is 2.76. The van der Waals surface area contributed by atoms with Crippen molar-refractivity contribution in [1.29, 1.82) is 0 Å². The number of hydrogen-bond donors (Lipinski definition) is 4. The van der Waals surface area contributed by atoms with Crippen LogP contribution in [-0.2, 0) is 5.54 Å². The number of pyridine rings is 1. The summed E-state index contributed by atoms with van der Waals surface area (Å²) in [4.78, 5) is 20.9. The van der Waals surface area contributed by atoms with Crippen LogP contribution in [0.1, 0.15) is 54.7 Å². The fourth-order valence-corrected chi connectivity index (χ4v) is 7.53. The highest BCUT2D eigenvalue weighted by atomic mass is 32.3. The van der Waals surface area contributed by atoms with Gasteiger partial charge in [0.1, 0.15) is 33.4 Å². The van der Waals surface area contributed by atoms with Gasteiger partial charge in [0.25, 0.3) is 5.91 Å². The fraction of sp³-hybridized carbons (Fsp3) is 0.435. The molecule has 4 rings (SSSR count). The van der Waals surface area contributed by atoms with E-state index in [2.05, 4.69) is 20.0 Å². The van der Waals surface area contributed by atoms with Gasteiger partial charge >= 0.3 is 6.61 Å². The van der Waals surface area contributed by atoms with E-state index in [-0.39, 0.29) is 53.4 Å². The number of fused-ring (bicyclic) bond motifs is 2. The molecule has 3 atom stereocenters. The van der Waals surface area contributed by atoms with Crippen LogP contribution in [0.4, 0.5) is 23.2 Å². The van der Waals surface area contributed by atoms with Crippen LogP contribution < -0.4 is 15.8 Å². The number of aliphatic imine (C=N–C) groups is 1. The third-order valence-corrected chi connectivity index (χ3v) is 10.3. The Labute approximate surface area is 206 Å². The summed E-state index contributed by atoms with van der Waals surface area (Å²) in [7, 11) is -4.04. The molecule has 3 heterocycles. The Morgan fingerprint density at radius 1 is 1.25 bits per heavy atom. The van der Waals surface area contributed by atoms with Crippen LogP contribution in [0.15, 0.2) is 35.5 Å². The quantitative estimate of drug-likeness (QED) is 0.387. The fourth-order valence-electron chi connectivity index (χ4n) is 4.91. The predicted molar refractivity (Wildman–Crippen MR) is 128 cm³/mol. The summed E-state index contributed by atoms with van der Waals surface area (Å²) < 4.78 is 81.4. The molecule has 2 aliphatic heterocycles. The van der Waals surface area contributed by atoms with Gasteiger partial charge < -0.3 is 15.8 Å². The molecule has 1 aromatic carbocycles. The van der Waals surface area contributed by atoms with Crippen LogP contribution in [0.25, 0.3) is 0 Å². The van der Waals surface area contributed by atoms with Crippen LogP contribution in [0, 0.1) is 12.7 Å². The lowest BCUT2D eigenvalue weighted by Crippen LogP contribution is -2.65. The Morgan fingerprint density at radius 2 is 1.94 bits per heavy atom. The molecular formula is C23H26F4N4O4S. The van der Waals surface area contributed by atoms with Gasteiger partial charge in [-0.05, 0) is 63.4 Å². The summed E-state index contributed by atoms with van der Waals surface area (Å²) >= 11 is 0. The van der Waals surface area contributed by atoms with Gasteiger partial charge in [0, 0.05) is 17.7 Å². The van der Waals surface area contributed by atoms with Crippen molar-refractivity contribution in [1.82, 2.24) is 4.98 Å². The number of aryl methyl sites for hydroxylation is 1. The molecule has 2 aromatic rings. The maximum Gasteiger partial charge on any atom is 0.387 e. The topological polar surface area (TPSA) is 130 Å². The van der Waals surface area contributed by atoms with Crippen molar-refractivity contribution in [3.05, 3.63) is 53.1 Å². The van der Waals surface area contributed by atoms with Crippen molar-refractivity contribution in [2.45, 2.75) is 61.9 Å². The van der Waals surface area contributed by atoms with Gasteiger partial charge in [-0.1, -0.05) is 0 Å². The standard InChI is InChI=1S/C23H26F4N4O4S/c1-12-9-14(35-20(25)26)11-29-17(12)18(32)30-13-5-6-16(24)15(10-13)22(3)23(27)8-4-7-21(2,19(28)31-22)36(23,33)34/h5-6,9-11,20,33-34H,4,7-8H2,1-3H3,(H2,28,31)(H,30,32)/t21-,22-,23+/m1/s1. The number of ether oxygens (including phenoxy) is 1. The molecule has 1 amide bonds. The lowest BCUT2D eigenvalue weighted by atomic mass is 9.81. The van der Waals surface area contributed by atoms with E-state index in [0.29, 0.717) is 0 Å². The first kappa shape index (κ1) is 26.2. The average molecular weight is 531 g/mol. The Bertz CT molecular complexity index is 1260. The third kappa shape index (κ3) is 3.71. The number of anilines is 1. The van der Waals surface area contributed by atoms with E-state index in [1.807, 2.05) is 0 Å². The van der Waals surface area contributed by atoms with E-state index in [1.54, 1.807) is 0 Å². The maximum absolute atomic E-state index is 16.6. The second kappa shape index (κ2) is 8.60. The van der Waals surface area contributed by atoms with Gasteiger partial charge in [-0.3, -0.25) is 18.9 Å². The number of alkyl halides is 3. The smallest absolute Gasteiger partial charge is 0.387 e. The number of amides is 1. The van der Waals surface area contributed by atoms with Crippen molar-refractivity contribution < 1.29 is 36.2 Å². The molecule has 1 fully saturated rings. The van der Waals surface area contributed by atoms with Crippen LogP contribution in [0.5, 0.6) is 5.75 Å². The molecule has 2 aliphatic rings. The Hall–Kier alpha value is -2.90. The molecule has 5 N–H and O–H groups in total. The van der Waals surface area contributed by atoms with Crippen LogP contribution >= 0.6 is 10.6 Å². The van der Waals surface area contributed by atoms with Crippen molar-refractivity contribution in [2.24, 2.45) is 10.7 Å². The predicted octanol–water partition coefficient (Wildman–Crippen LogP) is 5.33. The van der Waals surface area contributed by atoms with Crippen LogP contribution in [0.3, 0.4) is 0 Å². The van der Waals surface area contributed by atoms with Crippen LogP contribution in [0.2, 0.25) is 0 Å². The van der Waals surface area contributed by atoms with Crippen molar-refractivity contribution in [3.63, 3.8) is 0 Å². The first-order valence-corrected chi connectivity index (χ1v) is 12.6. The molecule has 0 spiro atoms. The zero-order valence-corrected chi connectivity index (χ0v) is 20.5. The van der Waals surface area contributed by atoms with Gasteiger partial charge in [0.15, 0.2) is 0 Å². The minimum Gasteiger partial charge on any atom is -0.433 e. The maximum atomic E-state index is 16.6. The first-order valence-electron chi connectivity index (χ1n) is 11.0. The number of amidine groups is 1. The van der Waals surface area contributed by atoms with Gasteiger partial charge in [-0.15, -0.1) is 10.6 Å². The average Bonchev–Trinajstić information content (AvgIpc) is 2.77. The molecule has 1 saturated heterocycles. The zero-order chi connectivity index (χ0) is 26.7. The largest absolute Gasteiger partial charge is 0.433 e. The first-order chi connectivity index (χ1) is 16.7. The number of nitrogens with zero attached hydrogens (tertiary/aromatic N) is 2. The summed E-state index contributed by atoms with van der Waals surface area (Å²) in [6.07, 6.45) is 1.19. The molecule has 1 aromatic heterocycles. The number of aromatic nitrogens is 1. The molecule has 0 radical (unpaired) electrons. The Morgan fingerprint density at radius 3 is 2.58 bits per heavy atom. The second-order valence-corrected chi connectivity index (χ2v) is 11.9. The molecule has 196 valence electrons. The Kier molecular flexibility index (Phi) is 6.25. The SMILES string of the molecule is Cc1cc(OC(F)F)cnc1C(=O)Nc1ccc(F)c([C@@]2(C)N=C(N)[C@@]3(C)CCC[C@]2(F)S3(O)O)c1. The molecule has 0 saturated carbocycles. The summed E-state index contributed by atoms with van der Waals surface area (Å²) in [5.74, 6) is -2.03. The van der Waals surface area contributed by atoms with Gasteiger partial charge in [-0.25, -0.2) is 13.8 Å². The van der Waals surface area contributed by atoms with Crippen molar-refractivity contribution >= 4 is 28.0 Å². The van der Waals surface area contributed by atoms with Gasteiger partial charge in [0.2, 0.25) is 5.00 Å². The second-order valence-electron chi connectivity index (χ2n) is 9.29. The number of rotatable bonds is 5. The highest BCUT2D eigenvalue weighted by molar-refractivity contribution is 8.27. The van der Waals surface area contributed by atoms with E-state index in [4.69, 9.17) is 5.73 Å². The monoisotopic (exact) mass is 530 g/mol. The summed E-state index contributed by atoms with van der Waals surface area (Å²) in [5.41, 5.74) is 3.86. The number of hydrogen-bond acceptors (Lipinski definition) is 7. The zero-order valence-electron chi connectivity index (χ0n) is 19.7.